The highest BCUT2D eigenvalue weighted by molar-refractivity contribution is 7.89. The molecule has 1 aliphatic rings. The topological polar surface area (TPSA) is 124 Å². The highest BCUT2D eigenvalue weighted by Gasteiger charge is 2.33. The van der Waals surface area contributed by atoms with Gasteiger partial charge in [0, 0.05) is 19.2 Å². The van der Waals surface area contributed by atoms with E-state index in [1.54, 1.807) is 26.8 Å². The van der Waals surface area contributed by atoms with Gasteiger partial charge in [-0.1, -0.05) is 56.3 Å². The van der Waals surface area contributed by atoms with Crippen LogP contribution in [0.5, 0.6) is 17.2 Å². The number of benzene rings is 3. The second kappa shape index (κ2) is 15.0. The molecule has 2 atom stereocenters. The first-order chi connectivity index (χ1) is 21.3. The van der Waals surface area contributed by atoms with Gasteiger partial charge in [0.25, 0.3) is 0 Å². The molecule has 0 saturated carbocycles. The fourth-order valence-corrected chi connectivity index (χ4v) is 6.44. The minimum absolute atomic E-state index is 0.0299. The molecule has 10 nitrogen and oxygen atoms in total. The Kier molecular flexibility index (Phi) is 11.4. The zero-order valence-electron chi connectivity index (χ0n) is 26.6. The monoisotopic (exact) mass is 640 g/mol. The fourth-order valence-electron chi connectivity index (χ4n) is 4.81. The van der Waals surface area contributed by atoms with Crippen molar-refractivity contribution < 1.29 is 37.3 Å². The third kappa shape index (κ3) is 10.1. The van der Waals surface area contributed by atoms with E-state index in [0.717, 1.165) is 11.1 Å². The van der Waals surface area contributed by atoms with Crippen LogP contribution in [-0.4, -0.2) is 68.0 Å². The van der Waals surface area contributed by atoms with Gasteiger partial charge in [-0.25, -0.2) is 13.2 Å². The number of ether oxygens (including phenoxy) is 4. The number of alkyl carbamates (subject to hydrolysis) is 1. The number of amides is 1. The Bertz CT molecular complexity index is 1510. The largest absolute Gasteiger partial charge is 0.489 e. The molecule has 1 amide bonds. The standard InChI is InChI=1S/C34H44N2O8S/c1-24(2)21-36(45(39,40)28-15-16-31-32(20-28)42-18-17-41-31)22-30(37)29(35-33(38)44-34(3,4)5)19-25-11-13-27(14-12-25)43-23-26-9-7-6-8-10-26/h6-16,20,24,29-30,37H,17-19,21-23H2,1-5H3,(H,35,38)/t29-,30+/m0/s1. The molecule has 0 radical (unpaired) electrons. The van der Waals surface area contributed by atoms with Crippen LogP contribution in [0.4, 0.5) is 4.79 Å². The Labute approximate surface area is 266 Å². The maximum atomic E-state index is 13.9. The quantitative estimate of drug-likeness (QED) is 0.262. The van der Waals surface area contributed by atoms with E-state index in [4.69, 9.17) is 18.9 Å². The van der Waals surface area contributed by atoms with Gasteiger partial charge < -0.3 is 29.4 Å². The van der Waals surface area contributed by atoms with Crippen LogP contribution in [0.25, 0.3) is 0 Å². The predicted molar refractivity (Wildman–Crippen MR) is 171 cm³/mol. The lowest BCUT2D eigenvalue weighted by Gasteiger charge is -2.31. The van der Waals surface area contributed by atoms with E-state index < -0.39 is 33.9 Å². The first-order valence-corrected chi connectivity index (χ1v) is 16.6. The van der Waals surface area contributed by atoms with Crippen LogP contribution >= 0.6 is 0 Å². The minimum Gasteiger partial charge on any atom is -0.489 e. The lowest BCUT2D eigenvalue weighted by atomic mass is 10.0. The van der Waals surface area contributed by atoms with E-state index in [0.29, 0.717) is 37.1 Å². The molecule has 0 saturated heterocycles. The van der Waals surface area contributed by atoms with Crippen LogP contribution in [-0.2, 0) is 27.8 Å². The van der Waals surface area contributed by atoms with E-state index in [1.165, 1.54) is 16.4 Å². The highest BCUT2D eigenvalue weighted by Crippen LogP contribution is 2.33. The molecule has 2 N–H and O–H groups in total. The summed E-state index contributed by atoms with van der Waals surface area (Å²) in [5, 5.41) is 14.3. The summed E-state index contributed by atoms with van der Waals surface area (Å²) in [5.74, 6) is 1.47. The summed E-state index contributed by atoms with van der Waals surface area (Å²) in [4.78, 5) is 12.9. The average molecular weight is 641 g/mol. The number of carbonyl (C=O) groups excluding carboxylic acids is 1. The summed E-state index contributed by atoms with van der Waals surface area (Å²) in [6.45, 7) is 10.1. The second-order valence-electron chi connectivity index (χ2n) is 12.5. The molecule has 1 aliphatic heterocycles. The molecule has 45 heavy (non-hydrogen) atoms. The van der Waals surface area contributed by atoms with Crippen molar-refractivity contribution in [2.24, 2.45) is 5.92 Å². The fraction of sp³-hybridized carbons (Fsp3) is 0.441. The average Bonchev–Trinajstić information content (AvgIpc) is 2.99. The molecule has 3 aromatic rings. The number of nitrogens with one attached hydrogen (secondary N) is 1. The molecule has 11 heteroatoms. The van der Waals surface area contributed by atoms with Gasteiger partial charge in [0.2, 0.25) is 10.0 Å². The van der Waals surface area contributed by atoms with Crippen molar-refractivity contribution >= 4 is 16.1 Å². The van der Waals surface area contributed by atoms with E-state index >= 15 is 0 Å². The number of hydrogen-bond acceptors (Lipinski definition) is 8. The summed E-state index contributed by atoms with van der Waals surface area (Å²) in [6.07, 6.45) is -1.75. The van der Waals surface area contributed by atoms with Crippen LogP contribution < -0.4 is 19.5 Å². The Balaban J connectivity index is 1.53. The molecule has 0 unspecified atom stereocenters. The Morgan fingerprint density at radius 3 is 2.24 bits per heavy atom. The highest BCUT2D eigenvalue weighted by atomic mass is 32.2. The van der Waals surface area contributed by atoms with Crippen LogP contribution in [0, 0.1) is 5.92 Å². The van der Waals surface area contributed by atoms with Gasteiger partial charge in [0.05, 0.1) is 17.0 Å². The van der Waals surface area contributed by atoms with Gasteiger partial charge in [-0.2, -0.15) is 4.31 Å². The minimum atomic E-state index is -4.05. The normalized spacial score (nSPS) is 14.6. The number of aliphatic hydroxyl groups is 1. The first kappa shape index (κ1) is 34.1. The van der Waals surface area contributed by atoms with Crippen LogP contribution in [0.3, 0.4) is 0 Å². The zero-order chi connectivity index (χ0) is 32.6. The summed E-state index contributed by atoms with van der Waals surface area (Å²) in [5.41, 5.74) is 1.10. The van der Waals surface area contributed by atoms with Crippen molar-refractivity contribution in [3.63, 3.8) is 0 Å². The molecular formula is C34H44N2O8S. The molecule has 0 spiro atoms. The molecule has 3 aromatic carbocycles. The number of sulfonamides is 1. The van der Waals surface area contributed by atoms with Gasteiger partial charge >= 0.3 is 6.09 Å². The Hall–Kier alpha value is -3.80. The van der Waals surface area contributed by atoms with Crippen molar-refractivity contribution in [2.45, 2.75) is 70.3 Å². The summed E-state index contributed by atoms with van der Waals surface area (Å²) >= 11 is 0. The zero-order valence-corrected chi connectivity index (χ0v) is 27.4. The second-order valence-corrected chi connectivity index (χ2v) is 14.4. The van der Waals surface area contributed by atoms with Crippen molar-refractivity contribution in [3.05, 3.63) is 83.9 Å². The molecule has 244 valence electrons. The SMILES string of the molecule is CC(C)CN(C[C@@H](O)[C@H](Cc1ccc(OCc2ccccc2)cc1)NC(=O)OC(C)(C)C)S(=O)(=O)c1ccc2c(c1)OCCO2. The third-order valence-electron chi connectivity index (χ3n) is 6.90. The summed E-state index contributed by atoms with van der Waals surface area (Å²) < 4.78 is 51.5. The predicted octanol–water partition coefficient (Wildman–Crippen LogP) is 5.18. The molecule has 0 bridgehead atoms. The van der Waals surface area contributed by atoms with Crippen LogP contribution in [0.1, 0.15) is 45.7 Å². The van der Waals surface area contributed by atoms with Gasteiger partial charge in [0.1, 0.15) is 31.2 Å². The maximum Gasteiger partial charge on any atom is 0.407 e. The van der Waals surface area contributed by atoms with Crippen LogP contribution in [0.2, 0.25) is 0 Å². The number of fused-ring (bicyclic) bond motifs is 1. The molecule has 0 fully saturated rings. The van der Waals surface area contributed by atoms with E-state index in [-0.39, 0.29) is 30.3 Å². The number of hydrogen-bond donors (Lipinski definition) is 2. The molecular weight excluding hydrogens is 596 g/mol. The van der Waals surface area contributed by atoms with E-state index in [2.05, 4.69) is 5.32 Å². The molecule has 0 aromatic heterocycles. The van der Waals surface area contributed by atoms with Gasteiger partial charge in [-0.05, 0) is 68.5 Å². The van der Waals surface area contributed by atoms with E-state index in [9.17, 15) is 18.3 Å². The Morgan fingerprint density at radius 2 is 1.60 bits per heavy atom. The van der Waals surface area contributed by atoms with Crippen molar-refractivity contribution in [2.75, 3.05) is 26.3 Å². The molecule has 0 aliphatic carbocycles. The number of carbonyl (C=O) groups is 1. The third-order valence-corrected chi connectivity index (χ3v) is 8.73. The molecule has 4 rings (SSSR count). The number of rotatable bonds is 13. The van der Waals surface area contributed by atoms with Crippen molar-refractivity contribution in [1.82, 2.24) is 9.62 Å². The van der Waals surface area contributed by atoms with Crippen molar-refractivity contribution in [3.8, 4) is 17.2 Å². The Morgan fingerprint density at radius 1 is 0.933 bits per heavy atom. The first-order valence-electron chi connectivity index (χ1n) is 15.1. The number of nitrogens with zero attached hydrogens (tertiary/aromatic N) is 1. The smallest absolute Gasteiger partial charge is 0.407 e. The van der Waals surface area contributed by atoms with Gasteiger partial charge in [-0.3, -0.25) is 0 Å². The van der Waals surface area contributed by atoms with Gasteiger partial charge in [-0.15, -0.1) is 0 Å². The maximum absolute atomic E-state index is 13.9. The summed E-state index contributed by atoms with van der Waals surface area (Å²) in [7, 11) is -4.05. The van der Waals surface area contributed by atoms with Crippen molar-refractivity contribution in [1.29, 1.82) is 0 Å². The lowest BCUT2D eigenvalue weighted by Crippen LogP contribution is -2.51. The van der Waals surface area contributed by atoms with Gasteiger partial charge in [0.15, 0.2) is 11.5 Å². The molecule has 1 heterocycles. The summed E-state index contributed by atoms with van der Waals surface area (Å²) in [6, 6.07) is 20.8. The lowest BCUT2D eigenvalue weighted by molar-refractivity contribution is 0.0400. The van der Waals surface area contributed by atoms with E-state index in [1.807, 2.05) is 68.4 Å². The number of aliphatic hydroxyl groups excluding tert-OH is 1. The van der Waals surface area contributed by atoms with Crippen LogP contribution in [0.15, 0.2) is 77.7 Å².